The van der Waals surface area contributed by atoms with E-state index in [1.54, 1.807) is 44.6 Å². The van der Waals surface area contributed by atoms with Crippen molar-refractivity contribution in [1.82, 2.24) is 14.7 Å². The van der Waals surface area contributed by atoms with Crippen molar-refractivity contribution in [2.45, 2.75) is 6.23 Å². The summed E-state index contributed by atoms with van der Waals surface area (Å²) in [5.74, 6) is 0.177. The molecule has 1 atom stereocenters. The number of likely N-dealkylation sites (N-methyl/N-ethyl adjacent to an activating group) is 1. The lowest BCUT2D eigenvalue weighted by Gasteiger charge is -2.36. The molecule has 33 heavy (non-hydrogen) atoms. The number of nitrogens with zero attached hydrogens (tertiary/aromatic N) is 3. The van der Waals surface area contributed by atoms with Gasteiger partial charge in [-0.05, 0) is 30.3 Å². The Labute approximate surface area is 196 Å². The minimum absolute atomic E-state index is 0.177. The van der Waals surface area contributed by atoms with E-state index in [2.05, 4.69) is 5.10 Å². The zero-order valence-electron chi connectivity index (χ0n) is 18.8. The fourth-order valence-corrected chi connectivity index (χ4v) is 4.27. The molecule has 0 aliphatic carbocycles. The van der Waals surface area contributed by atoms with Crippen molar-refractivity contribution in [1.29, 1.82) is 0 Å². The highest BCUT2D eigenvalue weighted by atomic mass is 35.5. The zero-order valence-corrected chi connectivity index (χ0v) is 19.5. The molecule has 0 amide bonds. The van der Waals surface area contributed by atoms with Crippen LogP contribution in [0.1, 0.15) is 0 Å². The van der Waals surface area contributed by atoms with E-state index in [9.17, 15) is 9.90 Å². The molecule has 0 saturated heterocycles. The van der Waals surface area contributed by atoms with Crippen LogP contribution >= 0.6 is 11.6 Å². The number of phenolic OH excluding ortho intramolecular Hbond substituents is 1. The summed E-state index contributed by atoms with van der Waals surface area (Å²) in [5, 5.41) is 14.8. The van der Waals surface area contributed by atoms with Crippen LogP contribution in [0.5, 0.6) is 5.75 Å². The molecule has 1 aromatic heterocycles. The molecule has 0 saturated carbocycles. The average molecular weight is 471 g/mol. The summed E-state index contributed by atoms with van der Waals surface area (Å²) in [6.45, 7) is 1.40. The van der Waals surface area contributed by atoms with E-state index >= 15 is 0 Å². The minimum atomic E-state index is -0.391. The van der Waals surface area contributed by atoms with Gasteiger partial charge in [0, 0.05) is 39.6 Å². The number of aromatic amines is 1. The van der Waals surface area contributed by atoms with Gasteiger partial charge in [0.15, 0.2) is 6.23 Å². The number of anilines is 1. The van der Waals surface area contributed by atoms with E-state index in [1.165, 1.54) is 4.68 Å². The number of halogens is 1. The number of fused-ring (bicyclic) bond motifs is 1. The van der Waals surface area contributed by atoms with E-state index < -0.39 is 6.23 Å². The van der Waals surface area contributed by atoms with E-state index in [-0.39, 0.29) is 11.3 Å². The SMILES string of the molecule is COCCN1C(CN(C)c2cccc(O)c2)=c2c([nH]n(-c3ccccc3Cl)c2=O)=CC1OC. The Morgan fingerprint density at radius 1 is 1.18 bits per heavy atom. The Balaban J connectivity index is 1.91. The summed E-state index contributed by atoms with van der Waals surface area (Å²) in [4.78, 5) is 17.6. The predicted molar refractivity (Wildman–Crippen MR) is 129 cm³/mol. The van der Waals surface area contributed by atoms with Crippen LogP contribution < -0.4 is 21.0 Å². The van der Waals surface area contributed by atoms with Gasteiger partial charge in [0.2, 0.25) is 0 Å². The number of nitrogens with one attached hydrogen (secondary N) is 1. The molecule has 2 aromatic carbocycles. The first-order valence-corrected chi connectivity index (χ1v) is 10.9. The molecule has 3 aromatic rings. The molecule has 0 fully saturated rings. The number of hydrogen-bond donors (Lipinski definition) is 2. The van der Waals surface area contributed by atoms with Gasteiger partial charge in [0.1, 0.15) is 5.75 Å². The first-order valence-electron chi connectivity index (χ1n) is 10.5. The number of hydrogen-bond acceptors (Lipinski definition) is 6. The summed E-state index contributed by atoms with van der Waals surface area (Å²) in [5.41, 5.74) is 1.98. The van der Waals surface area contributed by atoms with Crippen molar-refractivity contribution in [2.75, 3.05) is 45.9 Å². The molecular formula is C24H27ClN4O4. The third-order valence-corrected chi connectivity index (χ3v) is 6.02. The van der Waals surface area contributed by atoms with Gasteiger partial charge in [-0.1, -0.05) is 29.8 Å². The summed E-state index contributed by atoms with van der Waals surface area (Å²) >= 11 is 6.38. The second-order valence-corrected chi connectivity index (χ2v) is 8.20. The third-order valence-electron chi connectivity index (χ3n) is 5.70. The third kappa shape index (κ3) is 4.50. The number of phenols is 1. The quantitative estimate of drug-likeness (QED) is 0.519. The van der Waals surface area contributed by atoms with Gasteiger partial charge >= 0.3 is 0 Å². The van der Waals surface area contributed by atoms with Crippen LogP contribution in [0.2, 0.25) is 5.02 Å². The molecule has 0 bridgehead atoms. The maximum Gasteiger partial charge on any atom is 0.280 e. The van der Waals surface area contributed by atoms with Crippen molar-refractivity contribution in [2.24, 2.45) is 0 Å². The van der Waals surface area contributed by atoms with E-state index in [0.717, 1.165) is 11.4 Å². The van der Waals surface area contributed by atoms with Gasteiger partial charge in [-0.2, -0.15) is 0 Å². The summed E-state index contributed by atoms with van der Waals surface area (Å²) < 4.78 is 12.5. The molecule has 8 nitrogen and oxygen atoms in total. The number of para-hydroxylation sites is 1. The zero-order chi connectivity index (χ0) is 23.5. The van der Waals surface area contributed by atoms with Gasteiger partial charge in [0.25, 0.3) is 5.56 Å². The molecule has 4 rings (SSSR count). The smallest absolute Gasteiger partial charge is 0.280 e. The van der Waals surface area contributed by atoms with Crippen LogP contribution in [-0.4, -0.2) is 67.0 Å². The molecule has 1 aliphatic rings. The van der Waals surface area contributed by atoms with E-state index in [1.807, 2.05) is 41.1 Å². The number of methoxy groups -OCH3 is 2. The van der Waals surface area contributed by atoms with Gasteiger partial charge in [-0.25, -0.2) is 4.68 Å². The van der Waals surface area contributed by atoms with Crippen molar-refractivity contribution in [3.8, 4) is 11.4 Å². The van der Waals surface area contributed by atoms with Crippen LogP contribution in [-0.2, 0) is 9.47 Å². The molecule has 0 spiro atoms. The van der Waals surface area contributed by atoms with Crippen molar-refractivity contribution < 1.29 is 14.6 Å². The first-order chi connectivity index (χ1) is 15.9. The molecule has 2 heterocycles. The van der Waals surface area contributed by atoms with Crippen LogP contribution in [0, 0.1) is 0 Å². The molecule has 9 heteroatoms. The fraction of sp³-hybridized carbons (Fsp3) is 0.292. The lowest BCUT2D eigenvalue weighted by atomic mass is 10.1. The molecular weight excluding hydrogens is 444 g/mol. The highest BCUT2D eigenvalue weighted by molar-refractivity contribution is 6.32. The summed E-state index contributed by atoms with van der Waals surface area (Å²) in [6, 6.07) is 14.2. The maximum absolute atomic E-state index is 13.6. The fourth-order valence-electron chi connectivity index (χ4n) is 4.05. The maximum atomic E-state index is 13.6. The second kappa shape index (κ2) is 9.74. The summed E-state index contributed by atoms with van der Waals surface area (Å²) in [6.07, 6.45) is 1.50. The average Bonchev–Trinajstić information content (AvgIpc) is 3.14. The summed E-state index contributed by atoms with van der Waals surface area (Å²) in [7, 11) is 5.18. The molecule has 0 radical (unpaired) electrons. The normalized spacial score (nSPS) is 15.3. The van der Waals surface area contributed by atoms with Crippen LogP contribution in [0.15, 0.2) is 53.3 Å². The number of aromatic hydroxyl groups is 1. The lowest BCUT2D eigenvalue weighted by Crippen LogP contribution is -2.52. The Morgan fingerprint density at radius 3 is 2.67 bits per heavy atom. The molecule has 2 N–H and O–H groups in total. The van der Waals surface area contributed by atoms with Crippen molar-refractivity contribution in [3.05, 3.63) is 74.5 Å². The largest absolute Gasteiger partial charge is 0.508 e. The Bertz CT molecular complexity index is 1320. The highest BCUT2D eigenvalue weighted by Gasteiger charge is 2.27. The monoisotopic (exact) mass is 470 g/mol. The highest BCUT2D eigenvalue weighted by Crippen LogP contribution is 2.22. The van der Waals surface area contributed by atoms with Gasteiger partial charge in [-0.15, -0.1) is 0 Å². The van der Waals surface area contributed by atoms with Crippen molar-refractivity contribution in [3.63, 3.8) is 0 Å². The number of benzene rings is 2. The number of ether oxygens (including phenoxy) is 2. The Morgan fingerprint density at radius 2 is 1.97 bits per heavy atom. The van der Waals surface area contributed by atoms with Gasteiger partial charge < -0.3 is 24.4 Å². The molecule has 1 aliphatic heterocycles. The van der Waals surface area contributed by atoms with Gasteiger partial charge in [-0.3, -0.25) is 9.89 Å². The molecule has 1 unspecified atom stereocenters. The minimum Gasteiger partial charge on any atom is -0.508 e. The molecule has 174 valence electrons. The van der Waals surface area contributed by atoms with Gasteiger partial charge in [0.05, 0.1) is 40.1 Å². The number of aromatic nitrogens is 2. The topological polar surface area (TPSA) is 83.0 Å². The van der Waals surface area contributed by atoms with Crippen molar-refractivity contribution >= 4 is 29.1 Å². The van der Waals surface area contributed by atoms with Crippen LogP contribution in [0.3, 0.4) is 0 Å². The Hall–Kier alpha value is -3.20. The Kier molecular flexibility index (Phi) is 6.78. The second-order valence-electron chi connectivity index (χ2n) is 7.79. The predicted octanol–water partition coefficient (Wildman–Crippen LogP) is 1.48. The lowest BCUT2D eigenvalue weighted by molar-refractivity contribution is 0.0331. The van der Waals surface area contributed by atoms with Crippen LogP contribution in [0.4, 0.5) is 5.69 Å². The number of H-pyrrole nitrogens is 1. The standard InChI is InChI=1S/C24H27ClN4O4/c1-27(16-7-6-8-17(30)13-16)15-21-23-19(14-22(33-3)28(21)11-12-32-2)26-29(24(23)31)20-10-5-4-9-18(20)25/h4-10,13-14,22,26,30H,11-12,15H2,1-3H3. The van der Waals surface area contributed by atoms with E-state index in [0.29, 0.717) is 41.0 Å². The van der Waals surface area contributed by atoms with E-state index in [4.69, 9.17) is 21.1 Å². The number of rotatable bonds is 8. The first kappa shape index (κ1) is 23.0. The van der Waals surface area contributed by atoms with Crippen LogP contribution in [0.25, 0.3) is 17.5 Å².